The Kier molecular flexibility index (Phi) is 3.05. The number of aliphatic hydroxyl groups excluding tert-OH is 2. The highest BCUT2D eigenvalue weighted by Gasteiger charge is 2.42. The lowest BCUT2D eigenvalue weighted by atomic mass is 9.97. The Balaban J connectivity index is 2.74. The van der Waals surface area contributed by atoms with Gasteiger partial charge in [-0.15, -0.1) is 0 Å². The number of carbonyl (C=O) groups excluding carboxylic acids is 1. The molecule has 3 atom stereocenters. The Morgan fingerprint density at radius 2 is 2.00 bits per heavy atom. The lowest BCUT2D eigenvalue weighted by Crippen LogP contribution is -2.43. The molecule has 1 heterocycles. The molecule has 1 rings (SSSR count). The molecule has 1 saturated heterocycles. The normalized spacial score (nSPS) is 35.7. The van der Waals surface area contributed by atoms with Crippen molar-refractivity contribution in [3.63, 3.8) is 0 Å². The summed E-state index contributed by atoms with van der Waals surface area (Å²) < 4.78 is 0. The third-order valence-corrected chi connectivity index (χ3v) is 2.53. The minimum absolute atomic E-state index is 0.00782. The topological polar surface area (TPSA) is 60.8 Å². The number of rotatable bonds is 2. The van der Waals surface area contributed by atoms with Crippen LogP contribution in [0, 0.1) is 5.92 Å². The quantitative estimate of drug-likeness (QED) is 0.597. The molecule has 2 N–H and O–H groups in total. The molecule has 2 unspecified atom stereocenters. The summed E-state index contributed by atoms with van der Waals surface area (Å²) in [6.07, 6.45) is -1.72. The van der Waals surface area contributed by atoms with Crippen LogP contribution in [-0.4, -0.2) is 52.7 Å². The maximum atomic E-state index is 11.6. The summed E-state index contributed by atoms with van der Waals surface area (Å²) in [5, 5.41) is 18.9. The lowest BCUT2D eigenvalue weighted by Gasteiger charge is -2.21. The van der Waals surface area contributed by atoms with Crippen LogP contribution in [0.15, 0.2) is 0 Å². The number of ketones is 1. The average molecular weight is 187 g/mol. The number of likely N-dealkylation sites (tertiary alicyclic amines) is 1. The van der Waals surface area contributed by atoms with E-state index in [0.717, 1.165) is 0 Å². The van der Waals surface area contributed by atoms with E-state index in [9.17, 15) is 15.0 Å². The predicted octanol–water partition coefficient (Wildman–Crippen LogP) is -0.753. The van der Waals surface area contributed by atoms with Crippen LogP contribution in [0.4, 0.5) is 0 Å². The zero-order valence-electron chi connectivity index (χ0n) is 8.27. The van der Waals surface area contributed by atoms with Crippen molar-refractivity contribution in [2.75, 3.05) is 13.6 Å². The molecule has 0 aliphatic carbocycles. The van der Waals surface area contributed by atoms with Crippen LogP contribution in [0.2, 0.25) is 0 Å². The zero-order chi connectivity index (χ0) is 10.2. The van der Waals surface area contributed by atoms with Crippen molar-refractivity contribution in [3.8, 4) is 0 Å². The fraction of sp³-hybridized carbons (Fsp3) is 0.889. The monoisotopic (exact) mass is 187 g/mol. The second-order valence-electron chi connectivity index (χ2n) is 4.00. The molecule has 0 amide bonds. The summed E-state index contributed by atoms with van der Waals surface area (Å²) in [5.41, 5.74) is 0. The molecule has 0 aromatic heterocycles. The molecule has 0 saturated carbocycles. The summed E-state index contributed by atoms with van der Waals surface area (Å²) in [6.45, 7) is 3.96. The minimum Gasteiger partial charge on any atom is -0.389 e. The Hall–Kier alpha value is -0.450. The van der Waals surface area contributed by atoms with Crippen LogP contribution in [-0.2, 0) is 4.79 Å². The summed E-state index contributed by atoms with van der Waals surface area (Å²) in [4.78, 5) is 13.3. The number of carbonyl (C=O) groups is 1. The van der Waals surface area contributed by atoms with Gasteiger partial charge in [-0.2, -0.15) is 0 Å². The summed E-state index contributed by atoms with van der Waals surface area (Å²) in [5.74, 6) is -0.112. The van der Waals surface area contributed by atoms with Crippen LogP contribution in [0.3, 0.4) is 0 Å². The van der Waals surface area contributed by atoms with Gasteiger partial charge < -0.3 is 10.2 Å². The molecule has 0 spiro atoms. The van der Waals surface area contributed by atoms with Crippen molar-refractivity contribution in [3.05, 3.63) is 0 Å². The van der Waals surface area contributed by atoms with Crippen LogP contribution >= 0.6 is 0 Å². The van der Waals surface area contributed by atoms with Gasteiger partial charge in [-0.3, -0.25) is 9.69 Å². The molecule has 1 aliphatic rings. The summed E-state index contributed by atoms with van der Waals surface area (Å²) >= 11 is 0. The van der Waals surface area contributed by atoms with Crippen LogP contribution in [0.1, 0.15) is 13.8 Å². The Bertz CT molecular complexity index is 205. The van der Waals surface area contributed by atoms with Gasteiger partial charge in [0.15, 0.2) is 5.78 Å². The number of Topliss-reactive ketones (excluding diaryl/α,β-unsaturated/α-hetero) is 1. The average Bonchev–Trinajstić information content (AvgIpc) is 2.26. The first-order chi connectivity index (χ1) is 5.95. The van der Waals surface area contributed by atoms with Crippen molar-refractivity contribution in [1.29, 1.82) is 0 Å². The Morgan fingerprint density at radius 1 is 1.46 bits per heavy atom. The molecule has 13 heavy (non-hydrogen) atoms. The molecule has 0 radical (unpaired) electrons. The van der Waals surface area contributed by atoms with E-state index < -0.39 is 18.2 Å². The van der Waals surface area contributed by atoms with Crippen molar-refractivity contribution in [2.45, 2.75) is 32.1 Å². The van der Waals surface area contributed by atoms with Gasteiger partial charge in [0, 0.05) is 12.5 Å². The first-order valence-corrected chi connectivity index (χ1v) is 4.55. The van der Waals surface area contributed by atoms with Crippen LogP contribution < -0.4 is 0 Å². The van der Waals surface area contributed by atoms with E-state index in [1.54, 1.807) is 25.8 Å². The van der Waals surface area contributed by atoms with Gasteiger partial charge in [0.2, 0.25) is 0 Å². The van der Waals surface area contributed by atoms with Gasteiger partial charge in [0.25, 0.3) is 0 Å². The third-order valence-electron chi connectivity index (χ3n) is 2.53. The Morgan fingerprint density at radius 3 is 2.31 bits per heavy atom. The maximum absolute atomic E-state index is 11.6. The SMILES string of the molecule is CC(C)C(=O)[C@@H]1C(O)C(O)CN1C. The molecular formula is C9H17NO3. The molecule has 0 aromatic rings. The third kappa shape index (κ3) is 1.90. The van der Waals surface area contributed by atoms with Gasteiger partial charge in [0.1, 0.15) is 6.10 Å². The highest BCUT2D eigenvalue weighted by atomic mass is 16.3. The maximum Gasteiger partial charge on any atom is 0.155 e. The second kappa shape index (κ2) is 3.74. The number of aliphatic hydroxyl groups is 2. The molecular weight excluding hydrogens is 170 g/mol. The highest BCUT2D eigenvalue weighted by molar-refractivity contribution is 5.86. The molecule has 1 aliphatic heterocycles. The first-order valence-electron chi connectivity index (χ1n) is 4.55. The van der Waals surface area contributed by atoms with Gasteiger partial charge in [0.05, 0.1) is 12.1 Å². The van der Waals surface area contributed by atoms with E-state index in [2.05, 4.69) is 0 Å². The van der Waals surface area contributed by atoms with Crippen molar-refractivity contribution in [1.82, 2.24) is 4.90 Å². The largest absolute Gasteiger partial charge is 0.389 e. The van der Waals surface area contributed by atoms with E-state index >= 15 is 0 Å². The standard InChI is InChI=1S/C9H17NO3/c1-5(2)8(12)7-9(13)6(11)4-10(7)3/h5-7,9,11,13H,4H2,1-3H3/t6?,7-,9?/m1/s1. The summed E-state index contributed by atoms with van der Waals surface area (Å²) in [6, 6.07) is -0.532. The van der Waals surface area contributed by atoms with Crippen molar-refractivity contribution < 1.29 is 15.0 Å². The van der Waals surface area contributed by atoms with E-state index in [-0.39, 0.29) is 11.7 Å². The first kappa shape index (κ1) is 10.6. The summed E-state index contributed by atoms with van der Waals surface area (Å²) in [7, 11) is 1.74. The van der Waals surface area contributed by atoms with Crippen molar-refractivity contribution in [2.24, 2.45) is 5.92 Å². The lowest BCUT2D eigenvalue weighted by molar-refractivity contribution is -0.129. The van der Waals surface area contributed by atoms with Gasteiger partial charge in [-0.25, -0.2) is 0 Å². The van der Waals surface area contributed by atoms with E-state index in [1.165, 1.54) is 0 Å². The van der Waals surface area contributed by atoms with Crippen molar-refractivity contribution >= 4 is 5.78 Å². The van der Waals surface area contributed by atoms with E-state index in [0.29, 0.717) is 6.54 Å². The predicted molar refractivity (Wildman–Crippen MR) is 48.3 cm³/mol. The van der Waals surface area contributed by atoms with Crippen LogP contribution in [0.5, 0.6) is 0 Å². The minimum atomic E-state index is -0.931. The highest BCUT2D eigenvalue weighted by Crippen LogP contribution is 2.19. The molecule has 0 bridgehead atoms. The number of hydrogen-bond acceptors (Lipinski definition) is 4. The van der Waals surface area contributed by atoms with Gasteiger partial charge in [-0.1, -0.05) is 13.8 Å². The fourth-order valence-corrected chi connectivity index (χ4v) is 1.71. The fourth-order valence-electron chi connectivity index (χ4n) is 1.71. The zero-order valence-corrected chi connectivity index (χ0v) is 8.27. The second-order valence-corrected chi connectivity index (χ2v) is 4.00. The van der Waals surface area contributed by atoms with E-state index in [1.807, 2.05) is 0 Å². The molecule has 4 heteroatoms. The molecule has 0 aromatic carbocycles. The van der Waals surface area contributed by atoms with Gasteiger partial charge in [-0.05, 0) is 7.05 Å². The number of likely N-dealkylation sites (N-methyl/N-ethyl adjacent to an activating group) is 1. The number of β-amino-alcohol motifs (C(OH)–C–C–N with tert-alkyl or cyclic N) is 1. The molecule has 76 valence electrons. The van der Waals surface area contributed by atoms with Gasteiger partial charge >= 0.3 is 0 Å². The number of hydrogen-bond donors (Lipinski definition) is 2. The molecule has 1 fully saturated rings. The van der Waals surface area contributed by atoms with Crippen LogP contribution in [0.25, 0.3) is 0 Å². The molecule has 4 nitrogen and oxygen atoms in total. The Labute approximate surface area is 78.2 Å². The smallest absolute Gasteiger partial charge is 0.155 e. The number of nitrogens with zero attached hydrogens (tertiary/aromatic N) is 1. The van der Waals surface area contributed by atoms with E-state index in [4.69, 9.17) is 0 Å².